The summed E-state index contributed by atoms with van der Waals surface area (Å²) < 4.78 is 40.7. The Morgan fingerprint density at radius 3 is 2.50 bits per heavy atom. The molecule has 0 aliphatic rings. The van der Waals surface area contributed by atoms with Gasteiger partial charge in [0.2, 0.25) is 0 Å². The molecular weight excluding hydrogens is 224 g/mol. The number of benzene rings is 1. The van der Waals surface area contributed by atoms with Crippen molar-refractivity contribution in [1.82, 2.24) is 0 Å². The molecule has 0 aliphatic heterocycles. The Bertz CT molecular complexity index is 428. The fraction of sp³-hybridized carbons (Fsp3) is 0.111. The van der Waals surface area contributed by atoms with E-state index in [1.807, 2.05) is 0 Å². The zero-order valence-corrected chi connectivity index (χ0v) is 7.78. The van der Waals surface area contributed by atoms with E-state index in [2.05, 4.69) is 4.74 Å². The van der Waals surface area contributed by atoms with Crippen LogP contribution < -0.4 is 4.74 Å². The average Bonchev–Trinajstić information content (AvgIpc) is 2.16. The first-order valence-corrected chi connectivity index (χ1v) is 4.01. The van der Waals surface area contributed by atoms with Crippen LogP contribution in [-0.2, 0) is 0 Å². The molecule has 0 aromatic heterocycles. The van der Waals surface area contributed by atoms with Crippen LogP contribution in [0, 0.1) is 0 Å². The molecule has 0 saturated carbocycles. The Morgan fingerprint density at radius 2 is 2.06 bits per heavy atom. The van der Waals surface area contributed by atoms with Crippen LogP contribution >= 0.6 is 0 Å². The minimum absolute atomic E-state index is 0.0266. The van der Waals surface area contributed by atoms with Gasteiger partial charge in [-0.05, 0) is 0 Å². The van der Waals surface area contributed by atoms with Gasteiger partial charge in [0.05, 0.1) is 0 Å². The molecule has 0 heterocycles. The van der Waals surface area contributed by atoms with Crippen molar-refractivity contribution < 1.29 is 27.8 Å². The summed E-state index contributed by atoms with van der Waals surface area (Å²) in [6.45, 7) is 0. The number of phenolic OH excluding ortho intramolecular Hbond substituents is 1. The van der Waals surface area contributed by atoms with Crippen LogP contribution in [0.3, 0.4) is 0 Å². The van der Waals surface area contributed by atoms with Crippen LogP contribution in [0.2, 0.25) is 0 Å². The molecule has 16 heavy (non-hydrogen) atoms. The van der Waals surface area contributed by atoms with E-state index in [0.29, 0.717) is 0 Å². The number of hydrogen-bond donors (Lipinski definition) is 1. The van der Waals surface area contributed by atoms with E-state index in [4.69, 9.17) is 7.49 Å². The first-order chi connectivity index (χ1) is 7.36. The van der Waals surface area contributed by atoms with Crippen molar-refractivity contribution in [2.75, 3.05) is 0 Å². The Balaban J connectivity index is 3.08. The molecular formula is C9H5BF3O3. The van der Waals surface area contributed by atoms with Gasteiger partial charge < -0.3 is 0 Å². The topological polar surface area (TPSA) is 46.5 Å². The van der Waals surface area contributed by atoms with Gasteiger partial charge in [0.25, 0.3) is 0 Å². The van der Waals surface area contributed by atoms with Gasteiger partial charge in [-0.1, -0.05) is 0 Å². The quantitative estimate of drug-likeness (QED) is 0.630. The molecule has 0 unspecified atom stereocenters. The summed E-state index contributed by atoms with van der Waals surface area (Å²) in [6.07, 6.45) is -4.24. The van der Waals surface area contributed by atoms with Gasteiger partial charge in [0, 0.05) is 0 Å². The summed E-state index contributed by atoms with van der Waals surface area (Å²) in [7, 11) is 4.90. The molecule has 0 fully saturated rings. The minimum atomic E-state index is -5.03. The van der Waals surface area contributed by atoms with Crippen LogP contribution in [0.25, 0.3) is 0 Å². The average molecular weight is 229 g/mol. The molecule has 0 spiro atoms. The Labute approximate surface area is 89.5 Å². The van der Waals surface area contributed by atoms with E-state index < -0.39 is 23.3 Å². The molecule has 1 radical (unpaired) electrons. The zero-order valence-electron chi connectivity index (χ0n) is 7.78. The van der Waals surface area contributed by atoms with Gasteiger partial charge in [-0.2, -0.15) is 0 Å². The third-order valence-electron chi connectivity index (χ3n) is 1.68. The number of Topliss-reactive ketones (excluding diaryl/α,β-unsaturated/α-hetero) is 1. The van der Waals surface area contributed by atoms with Crippen molar-refractivity contribution in [3.05, 3.63) is 23.8 Å². The first kappa shape index (κ1) is 12.3. The number of halogens is 3. The van der Waals surface area contributed by atoms with Crippen molar-refractivity contribution in [3.63, 3.8) is 0 Å². The van der Waals surface area contributed by atoms with Crippen molar-refractivity contribution in [1.29, 1.82) is 0 Å². The number of carbonyl (C=O) groups is 1. The van der Waals surface area contributed by atoms with Crippen LogP contribution in [0.1, 0.15) is 10.4 Å². The summed E-state index contributed by atoms with van der Waals surface area (Å²) >= 11 is 0. The summed E-state index contributed by atoms with van der Waals surface area (Å²) in [4.78, 5) is 10.8. The van der Waals surface area contributed by atoms with Gasteiger partial charge in [0.15, 0.2) is 0 Å². The summed E-state index contributed by atoms with van der Waals surface area (Å²) in [6, 6.07) is 2.76. The monoisotopic (exact) mass is 229 g/mol. The number of hydrogen-bond acceptors (Lipinski definition) is 3. The molecule has 3 nitrogen and oxygen atoms in total. The van der Waals surface area contributed by atoms with Crippen molar-refractivity contribution in [3.8, 4) is 11.5 Å². The van der Waals surface area contributed by atoms with Crippen LogP contribution in [0.5, 0.6) is 11.5 Å². The van der Waals surface area contributed by atoms with Crippen molar-refractivity contribution >= 4 is 19.4 Å². The van der Waals surface area contributed by atoms with E-state index >= 15 is 0 Å². The third kappa shape index (κ3) is 2.62. The molecule has 1 N–H and O–H groups in total. The van der Waals surface area contributed by atoms with Gasteiger partial charge in [0.1, 0.15) is 0 Å². The molecule has 1 aromatic rings. The van der Waals surface area contributed by atoms with E-state index in [1.54, 1.807) is 0 Å². The van der Waals surface area contributed by atoms with Gasteiger partial charge >= 0.3 is 88.7 Å². The Hall–Kier alpha value is -1.79. The third-order valence-corrected chi connectivity index (χ3v) is 1.68. The number of phenols is 1. The maximum atomic E-state index is 12.0. The number of carbonyl (C=O) groups excluding carboxylic acids is 1. The van der Waals surface area contributed by atoms with Gasteiger partial charge in [-0.25, -0.2) is 0 Å². The predicted molar refractivity (Wildman–Crippen MR) is 50.9 cm³/mol. The van der Waals surface area contributed by atoms with Crippen molar-refractivity contribution in [2.24, 2.45) is 0 Å². The molecule has 0 aliphatic carbocycles. The summed E-state index contributed by atoms with van der Waals surface area (Å²) in [5.41, 5.74) is -0.836. The molecule has 83 valence electrons. The number of ether oxygens (including phenoxy) is 1. The number of alkyl halides is 3. The molecule has 1 rings (SSSR count). The SMILES string of the molecule is [B]=COc1ccc(C(=O)C(F)(F)F)c(O)c1. The van der Waals surface area contributed by atoms with Crippen LogP contribution in [0.4, 0.5) is 13.2 Å². The van der Waals surface area contributed by atoms with Crippen LogP contribution in [-0.4, -0.2) is 30.7 Å². The van der Waals surface area contributed by atoms with Gasteiger partial charge in [-0.3, -0.25) is 0 Å². The Morgan fingerprint density at radius 1 is 1.44 bits per heavy atom. The number of aromatic hydroxyl groups is 1. The standard InChI is InChI=1S/C9H5BF3O3/c10-4-16-5-1-2-6(7(14)3-5)8(15)9(11,12)13/h1-4,14H. The predicted octanol–water partition coefficient (Wildman–Crippen LogP) is 1.44. The molecule has 7 heteroatoms. The zero-order chi connectivity index (χ0) is 12.3. The molecule has 0 amide bonds. The van der Waals surface area contributed by atoms with E-state index in [9.17, 15) is 23.1 Å². The Kier molecular flexibility index (Phi) is 3.36. The first-order valence-electron chi connectivity index (χ1n) is 4.01. The molecule has 0 saturated heterocycles. The number of ketones is 1. The molecule has 0 atom stereocenters. The normalized spacial score (nSPS) is 10.9. The fourth-order valence-corrected chi connectivity index (χ4v) is 1.01. The summed E-state index contributed by atoms with van der Waals surface area (Å²) in [5, 5.41) is 9.20. The van der Waals surface area contributed by atoms with E-state index in [0.717, 1.165) is 24.4 Å². The van der Waals surface area contributed by atoms with E-state index in [-0.39, 0.29) is 5.75 Å². The van der Waals surface area contributed by atoms with Gasteiger partial charge in [-0.15, -0.1) is 0 Å². The molecule has 0 bridgehead atoms. The second-order valence-electron chi connectivity index (χ2n) is 2.76. The molecule has 1 aromatic carbocycles. The second kappa shape index (κ2) is 4.38. The number of rotatable bonds is 3. The van der Waals surface area contributed by atoms with Crippen LogP contribution in [0.15, 0.2) is 18.2 Å². The van der Waals surface area contributed by atoms with E-state index in [1.165, 1.54) is 0 Å². The van der Waals surface area contributed by atoms with Crippen molar-refractivity contribution in [2.45, 2.75) is 6.18 Å². The summed E-state index contributed by atoms with van der Waals surface area (Å²) in [5.74, 6) is -2.91. The maximum absolute atomic E-state index is 12.0. The second-order valence-corrected chi connectivity index (χ2v) is 2.76. The fourth-order valence-electron chi connectivity index (χ4n) is 1.01.